The molecule has 0 aliphatic carbocycles. The average molecular weight is 176 g/mol. The van der Waals surface area contributed by atoms with Crippen LogP contribution < -0.4 is 0 Å². The lowest BCUT2D eigenvalue weighted by Crippen LogP contribution is -2.18. The Balaban J connectivity index is 1.78. The van der Waals surface area contributed by atoms with E-state index in [0.29, 0.717) is 12.2 Å². The second kappa shape index (κ2) is 2.82. The van der Waals surface area contributed by atoms with Gasteiger partial charge in [-0.15, -0.1) is 0 Å². The summed E-state index contributed by atoms with van der Waals surface area (Å²) < 4.78 is 11.1. The van der Waals surface area contributed by atoms with Gasteiger partial charge in [0.05, 0.1) is 18.8 Å². The first-order valence-electron chi connectivity index (χ1n) is 4.75. The van der Waals surface area contributed by atoms with Gasteiger partial charge in [-0.3, -0.25) is 0 Å². The van der Waals surface area contributed by atoms with Crippen molar-refractivity contribution in [2.24, 2.45) is 0 Å². The predicted molar refractivity (Wildman–Crippen MR) is 48.4 cm³/mol. The highest BCUT2D eigenvalue weighted by atomic mass is 16.6. The fraction of sp³-hybridized carbons (Fsp3) is 0.455. The van der Waals surface area contributed by atoms with Crippen molar-refractivity contribution in [1.29, 1.82) is 0 Å². The number of epoxide rings is 1. The largest absolute Gasteiger partial charge is 0.371 e. The molecule has 2 heterocycles. The second-order valence-electron chi connectivity index (χ2n) is 3.68. The number of benzene rings is 1. The smallest absolute Gasteiger partial charge is 0.108 e. The van der Waals surface area contributed by atoms with Crippen LogP contribution in [0.15, 0.2) is 30.3 Å². The van der Waals surface area contributed by atoms with Crippen LogP contribution >= 0.6 is 0 Å². The van der Waals surface area contributed by atoms with E-state index >= 15 is 0 Å². The van der Waals surface area contributed by atoms with E-state index in [2.05, 4.69) is 24.3 Å². The van der Waals surface area contributed by atoms with E-state index in [4.69, 9.17) is 9.47 Å². The van der Waals surface area contributed by atoms with Gasteiger partial charge in [-0.2, -0.15) is 0 Å². The number of ether oxygens (including phenoxy) is 2. The molecule has 3 atom stereocenters. The quantitative estimate of drug-likeness (QED) is 0.610. The monoisotopic (exact) mass is 176 g/mol. The van der Waals surface area contributed by atoms with Crippen molar-refractivity contribution in [1.82, 2.24) is 0 Å². The molecule has 2 aliphatic heterocycles. The zero-order valence-corrected chi connectivity index (χ0v) is 7.35. The summed E-state index contributed by atoms with van der Waals surface area (Å²) in [5.41, 5.74) is 1.27. The van der Waals surface area contributed by atoms with Gasteiger partial charge in [0.15, 0.2) is 0 Å². The second-order valence-corrected chi connectivity index (χ2v) is 3.68. The number of rotatable bonds is 1. The highest BCUT2D eigenvalue weighted by Crippen LogP contribution is 2.38. The third-order valence-corrected chi connectivity index (χ3v) is 2.77. The van der Waals surface area contributed by atoms with Crippen LogP contribution in [0.3, 0.4) is 0 Å². The van der Waals surface area contributed by atoms with Gasteiger partial charge in [0.25, 0.3) is 0 Å². The summed E-state index contributed by atoms with van der Waals surface area (Å²) in [7, 11) is 0. The Morgan fingerprint density at radius 3 is 2.69 bits per heavy atom. The molecule has 3 rings (SSSR count). The topological polar surface area (TPSA) is 21.8 Å². The van der Waals surface area contributed by atoms with Crippen LogP contribution in [0.2, 0.25) is 0 Å². The normalized spacial score (nSPS) is 36.8. The van der Waals surface area contributed by atoms with E-state index in [1.807, 2.05) is 6.07 Å². The van der Waals surface area contributed by atoms with E-state index in [1.54, 1.807) is 0 Å². The Kier molecular flexibility index (Phi) is 1.64. The zero-order chi connectivity index (χ0) is 8.67. The minimum atomic E-state index is 0.255. The molecule has 0 unspecified atom stereocenters. The van der Waals surface area contributed by atoms with Crippen LogP contribution in [0.25, 0.3) is 0 Å². The molecule has 1 aromatic carbocycles. The van der Waals surface area contributed by atoms with E-state index in [-0.39, 0.29) is 6.10 Å². The number of fused-ring (bicyclic) bond motifs is 1. The Hall–Kier alpha value is -0.860. The lowest BCUT2D eigenvalue weighted by atomic mass is 10.0. The van der Waals surface area contributed by atoms with E-state index in [1.165, 1.54) is 5.56 Å². The maximum Gasteiger partial charge on any atom is 0.108 e. The summed E-state index contributed by atoms with van der Waals surface area (Å²) in [6.07, 6.45) is 2.15. The molecular weight excluding hydrogens is 164 g/mol. The summed E-state index contributed by atoms with van der Waals surface area (Å²) in [6, 6.07) is 10.4. The molecule has 2 aliphatic rings. The molecule has 0 radical (unpaired) electrons. The average Bonchev–Trinajstić information content (AvgIpc) is 2.96. The van der Waals surface area contributed by atoms with Crippen molar-refractivity contribution in [2.45, 2.75) is 24.7 Å². The third-order valence-electron chi connectivity index (χ3n) is 2.77. The van der Waals surface area contributed by atoms with Crippen LogP contribution in [0.5, 0.6) is 0 Å². The molecule has 0 bridgehead atoms. The van der Waals surface area contributed by atoms with E-state index in [9.17, 15) is 0 Å². The van der Waals surface area contributed by atoms with Gasteiger partial charge in [-0.05, 0) is 5.56 Å². The van der Waals surface area contributed by atoms with Gasteiger partial charge in [0.2, 0.25) is 0 Å². The van der Waals surface area contributed by atoms with Crippen molar-refractivity contribution in [2.75, 3.05) is 6.61 Å². The molecule has 2 heteroatoms. The lowest BCUT2D eigenvalue weighted by Gasteiger charge is -2.19. The highest BCUT2D eigenvalue weighted by molar-refractivity contribution is 5.19. The van der Waals surface area contributed by atoms with Crippen molar-refractivity contribution in [3.05, 3.63) is 35.9 Å². The van der Waals surface area contributed by atoms with Crippen LogP contribution in [0.4, 0.5) is 0 Å². The molecule has 0 N–H and O–H groups in total. The SMILES string of the molecule is c1ccc([C@H]2C[C@H]3O[C@H]3CO2)cc1. The molecule has 2 fully saturated rings. The van der Waals surface area contributed by atoms with E-state index in [0.717, 1.165) is 13.0 Å². The summed E-state index contributed by atoms with van der Waals surface area (Å²) in [6.45, 7) is 0.768. The summed E-state index contributed by atoms with van der Waals surface area (Å²) in [5.74, 6) is 0. The third kappa shape index (κ3) is 1.36. The first-order valence-corrected chi connectivity index (χ1v) is 4.75. The first-order chi connectivity index (χ1) is 6.43. The summed E-state index contributed by atoms with van der Waals surface area (Å²) >= 11 is 0. The van der Waals surface area contributed by atoms with Crippen LogP contribution in [0, 0.1) is 0 Å². The molecule has 1 aromatic rings. The Bertz CT molecular complexity index is 296. The maximum atomic E-state index is 5.69. The first kappa shape index (κ1) is 7.54. The van der Waals surface area contributed by atoms with Crippen LogP contribution in [-0.2, 0) is 9.47 Å². The van der Waals surface area contributed by atoms with Gasteiger partial charge in [0, 0.05) is 6.42 Å². The molecule has 0 saturated carbocycles. The minimum absolute atomic E-state index is 0.255. The number of hydrogen-bond acceptors (Lipinski definition) is 2. The molecule has 13 heavy (non-hydrogen) atoms. The lowest BCUT2D eigenvalue weighted by molar-refractivity contribution is 0.0289. The fourth-order valence-electron chi connectivity index (χ4n) is 1.92. The molecular formula is C11H12O2. The maximum absolute atomic E-state index is 5.69. The fourth-order valence-corrected chi connectivity index (χ4v) is 1.92. The highest BCUT2D eigenvalue weighted by Gasteiger charge is 2.45. The van der Waals surface area contributed by atoms with Crippen molar-refractivity contribution >= 4 is 0 Å². The zero-order valence-electron chi connectivity index (χ0n) is 7.35. The Labute approximate surface area is 77.5 Å². The summed E-state index contributed by atoms with van der Waals surface area (Å²) in [5, 5.41) is 0. The molecule has 68 valence electrons. The van der Waals surface area contributed by atoms with Crippen molar-refractivity contribution in [3.8, 4) is 0 Å². The Morgan fingerprint density at radius 1 is 1.08 bits per heavy atom. The van der Waals surface area contributed by atoms with Gasteiger partial charge in [-0.1, -0.05) is 30.3 Å². The molecule has 0 aromatic heterocycles. The summed E-state index contributed by atoms with van der Waals surface area (Å²) in [4.78, 5) is 0. The van der Waals surface area contributed by atoms with Gasteiger partial charge < -0.3 is 9.47 Å². The molecule has 2 saturated heterocycles. The van der Waals surface area contributed by atoms with E-state index < -0.39 is 0 Å². The molecule has 0 spiro atoms. The molecule has 2 nitrogen and oxygen atoms in total. The van der Waals surface area contributed by atoms with Gasteiger partial charge in [-0.25, -0.2) is 0 Å². The molecule has 0 amide bonds. The standard InChI is InChI=1S/C11H12O2/c1-2-4-8(5-3-1)9-6-10-11(13-10)7-12-9/h1-5,9-11H,6-7H2/t9-,10-,11+/m1/s1. The van der Waals surface area contributed by atoms with Crippen molar-refractivity contribution < 1.29 is 9.47 Å². The van der Waals surface area contributed by atoms with Crippen molar-refractivity contribution in [3.63, 3.8) is 0 Å². The number of hydrogen-bond donors (Lipinski definition) is 0. The minimum Gasteiger partial charge on any atom is -0.371 e. The van der Waals surface area contributed by atoms with Crippen LogP contribution in [0.1, 0.15) is 18.1 Å². The van der Waals surface area contributed by atoms with Crippen LogP contribution in [-0.4, -0.2) is 18.8 Å². The Morgan fingerprint density at radius 2 is 1.92 bits per heavy atom. The van der Waals surface area contributed by atoms with Gasteiger partial charge >= 0.3 is 0 Å². The van der Waals surface area contributed by atoms with Gasteiger partial charge in [0.1, 0.15) is 6.10 Å². The predicted octanol–water partition coefficient (Wildman–Crippen LogP) is 1.92.